The van der Waals surface area contributed by atoms with Gasteiger partial charge in [0.15, 0.2) is 0 Å². The molecule has 0 aliphatic heterocycles. The summed E-state index contributed by atoms with van der Waals surface area (Å²) < 4.78 is 11.8. The van der Waals surface area contributed by atoms with Gasteiger partial charge in [-0.1, -0.05) is 107 Å². The Kier molecular flexibility index (Phi) is 30.8. The summed E-state index contributed by atoms with van der Waals surface area (Å²) in [6, 6.07) is 12.4. The van der Waals surface area contributed by atoms with Crippen molar-refractivity contribution >= 4 is 23.8 Å². The van der Waals surface area contributed by atoms with Crippen LogP contribution in [0.15, 0.2) is 72.8 Å². The zero-order valence-corrected chi connectivity index (χ0v) is 38.9. The maximum Gasteiger partial charge on any atom is 0.320 e. The average molecular weight is 909 g/mol. The highest BCUT2D eigenvalue weighted by Crippen LogP contribution is 2.21. The first-order valence-electron chi connectivity index (χ1n) is 24.0. The number of carbonyl (C=O) groups is 4. The second-order valence-corrected chi connectivity index (χ2v) is 17.0. The van der Waals surface area contributed by atoms with Gasteiger partial charge in [-0.15, -0.1) is 0 Å². The molecule has 10 N–H and O–H groups in total. The zero-order valence-electron chi connectivity index (χ0n) is 38.9. The lowest BCUT2D eigenvalue weighted by Gasteiger charge is -2.24. The summed E-state index contributed by atoms with van der Waals surface area (Å²) in [5, 5.41) is 44.9. The van der Waals surface area contributed by atoms with E-state index in [2.05, 4.69) is 29.7 Å². The third-order valence-electron chi connectivity index (χ3n) is 11.1. The standard InChI is InChI=1S/C51H80N4O10/c1-2-3-16-23-47(65-43-32-28-40(29-33-43)37-45(53)51(62)63)46(57)22-18-13-9-5-7-11-15-20-25-49(59)55-35-34-54-48(58)24-19-14-10-6-4-8-12-17-21-41(56)38-64-42-30-26-39(27-31-42)36-44(52)50(60)61/h12-13,17-18,26-33,41,44-47,56-57H,2-11,14-16,19-25,34-38,52-53H2,1H3,(H,54,58)(H,55,59)(H,60,61)(H,62,63). The van der Waals surface area contributed by atoms with Crippen LogP contribution in [0.25, 0.3) is 0 Å². The van der Waals surface area contributed by atoms with Gasteiger partial charge in [0.1, 0.15) is 36.3 Å². The number of amides is 2. The van der Waals surface area contributed by atoms with Crippen LogP contribution in [0.5, 0.6) is 11.5 Å². The molecular formula is C51H80N4O10. The summed E-state index contributed by atoms with van der Waals surface area (Å²) in [5.74, 6) is -0.809. The fourth-order valence-electron chi connectivity index (χ4n) is 7.08. The van der Waals surface area contributed by atoms with E-state index in [1.54, 1.807) is 36.4 Å². The number of hydrogen-bond acceptors (Lipinski definition) is 10. The summed E-state index contributed by atoms with van der Waals surface area (Å²) in [4.78, 5) is 46.4. The van der Waals surface area contributed by atoms with Gasteiger partial charge in [-0.3, -0.25) is 19.2 Å². The molecule has 0 aliphatic rings. The Hall–Kier alpha value is -4.76. The molecule has 0 heterocycles. The Morgan fingerprint density at radius 3 is 1.55 bits per heavy atom. The number of hydrogen-bond donors (Lipinski definition) is 8. The number of nitrogens with two attached hydrogens (primary N) is 2. The Bertz CT molecular complexity index is 1650. The molecule has 0 spiro atoms. The number of benzene rings is 2. The number of carboxylic acids is 2. The van der Waals surface area contributed by atoms with E-state index in [0.29, 0.717) is 50.3 Å². The summed E-state index contributed by atoms with van der Waals surface area (Å²) >= 11 is 0. The highest BCUT2D eigenvalue weighted by molar-refractivity contribution is 5.77. The normalized spacial score (nSPS) is 13.9. The van der Waals surface area contributed by atoms with Crippen LogP contribution >= 0.6 is 0 Å². The monoisotopic (exact) mass is 909 g/mol. The third-order valence-corrected chi connectivity index (χ3v) is 11.1. The number of unbranched alkanes of at least 4 members (excludes halogenated alkanes) is 12. The Balaban J connectivity index is 1.41. The Morgan fingerprint density at radius 1 is 0.600 bits per heavy atom. The average Bonchev–Trinajstić information content (AvgIpc) is 3.28. The first-order valence-corrected chi connectivity index (χ1v) is 24.0. The van der Waals surface area contributed by atoms with E-state index in [4.69, 9.17) is 31.2 Å². The number of carboxylic acid groups (broad SMARTS) is 2. The van der Waals surface area contributed by atoms with E-state index in [1.165, 1.54) is 0 Å². The molecule has 5 unspecified atom stereocenters. The maximum absolute atomic E-state index is 12.2. The molecule has 2 aromatic carbocycles. The molecule has 0 saturated carbocycles. The summed E-state index contributed by atoms with van der Waals surface area (Å²) in [5.41, 5.74) is 12.8. The molecule has 0 bridgehead atoms. The first kappa shape index (κ1) is 56.4. The molecule has 2 rings (SSSR count). The van der Waals surface area contributed by atoms with Crippen molar-refractivity contribution in [2.24, 2.45) is 11.5 Å². The van der Waals surface area contributed by atoms with Gasteiger partial charge in [-0.2, -0.15) is 0 Å². The largest absolute Gasteiger partial charge is 0.491 e. The topological polar surface area (TPSA) is 244 Å². The minimum absolute atomic E-state index is 0.00966. The van der Waals surface area contributed by atoms with E-state index in [-0.39, 0.29) is 37.4 Å². The molecule has 364 valence electrons. The van der Waals surface area contributed by atoms with E-state index < -0.39 is 36.2 Å². The second-order valence-electron chi connectivity index (χ2n) is 17.0. The van der Waals surface area contributed by atoms with Crippen molar-refractivity contribution in [1.82, 2.24) is 10.6 Å². The second kappa shape index (κ2) is 35.5. The van der Waals surface area contributed by atoms with Gasteiger partial charge in [-0.25, -0.2) is 0 Å². The summed E-state index contributed by atoms with van der Waals surface area (Å²) in [7, 11) is 0. The number of aliphatic hydroxyl groups excluding tert-OH is 2. The van der Waals surface area contributed by atoms with Crippen molar-refractivity contribution in [2.75, 3.05) is 19.7 Å². The number of nitrogens with one attached hydrogen (secondary N) is 2. The smallest absolute Gasteiger partial charge is 0.320 e. The van der Waals surface area contributed by atoms with Crippen LogP contribution < -0.4 is 31.6 Å². The van der Waals surface area contributed by atoms with Crippen LogP contribution in [-0.2, 0) is 32.0 Å². The molecule has 14 heteroatoms. The van der Waals surface area contributed by atoms with Gasteiger partial charge in [0, 0.05) is 25.9 Å². The molecule has 0 aromatic heterocycles. The van der Waals surface area contributed by atoms with E-state index >= 15 is 0 Å². The quantitative estimate of drug-likeness (QED) is 0.0243. The minimum atomic E-state index is -1.04. The Morgan fingerprint density at radius 2 is 1.06 bits per heavy atom. The molecule has 2 amide bonds. The number of allylic oxidation sites excluding steroid dienone is 2. The SMILES string of the molecule is CCCCCC(Oc1ccc(CC(N)C(=O)O)cc1)C(O)CC=CCCCCCCCC(=O)NCCNC(=O)CCCCCCCC=CCC(O)COc1ccc(CC(N)C(=O)O)cc1. The summed E-state index contributed by atoms with van der Waals surface area (Å²) in [6.45, 7) is 3.15. The van der Waals surface area contributed by atoms with E-state index in [9.17, 15) is 29.4 Å². The van der Waals surface area contributed by atoms with Crippen molar-refractivity contribution < 1.29 is 49.1 Å². The van der Waals surface area contributed by atoms with Crippen molar-refractivity contribution in [3.05, 3.63) is 84.0 Å². The van der Waals surface area contributed by atoms with Crippen LogP contribution in [0.2, 0.25) is 0 Å². The predicted molar refractivity (Wildman–Crippen MR) is 256 cm³/mol. The van der Waals surface area contributed by atoms with Crippen LogP contribution in [0.1, 0.15) is 146 Å². The van der Waals surface area contributed by atoms with Crippen LogP contribution in [-0.4, -0.2) is 94.3 Å². The zero-order chi connectivity index (χ0) is 47.5. The van der Waals surface area contributed by atoms with E-state index in [0.717, 1.165) is 114 Å². The highest BCUT2D eigenvalue weighted by Gasteiger charge is 2.20. The molecule has 0 fully saturated rings. The number of rotatable bonds is 39. The number of aliphatic carboxylic acids is 2. The molecule has 0 saturated heterocycles. The Labute approximate surface area is 387 Å². The highest BCUT2D eigenvalue weighted by atomic mass is 16.5. The molecule has 14 nitrogen and oxygen atoms in total. The van der Waals surface area contributed by atoms with Crippen LogP contribution in [0.3, 0.4) is 0 Å². The molecule has 2 aromatic rings. The number of carbonyl (C=O) groups excluding carboxylic acids is 2. The number of aliphatic hydroxyl groups is 2. The van der Waals surface area contributed by atoms with Crippen LogP contribution in [0, 0.1) is 0 Å². The fraction of sp³-hybridized carbons (Fsp3) is 0.608. The molecule has 0 radical (unpaired) electrons. The van der Waals surface area contributed by atoms with E-state index in [1.807, 2.05) is 24.3 Å². The van der Waals surface area contributed by atoms with Crippen LogP contribution in [0.4, 0.5) is 0 Å². The van der Waals surface area contributed by atoms with Crippen molar-refractivity contribution in [3.8, 4) is 11.5 Å². The van der Waals surface area contributed by atoms with Gasteiger partial charge in [0.25, 0.3) is 0 Å². The minimum Gasteiger partial charge on any atom is -0.491 e. The maximum atomic E-state index is 12.2. The molecular weight excluding hydrogens is 829 g/mol. The lowest BCUT2D eigenvalue weighted by atomic mass is 10.0. The van der Waals surface area contributed by atoms with Gasteiger partial charge < -0.3 is 52.0 Å². The van der Waals surface area contributed by atoms with Crippen molar-refractivity contribution in [2.45, 2.75) is 179 Å². The fourth-order valence-corrected chi connectivity index (χ4v) is 7.08. The lowest BCUT2D eigenvalue weighted by molar-refractivity contribution is -0.139. The van der Waals surface area contributed by atoms with Crippen molar-refractivity contribution in [3.63, 3.8) is 0 Å². The number of ether oxygens (including phenoxy) is 2. The van der Waals surface area contributed by atoms with Gasteiger partial charge in [0.2, 0.25) is 11.8 Å². The molecule has 5 atom stereocenters. The van der Waals surface area contributed by atoms with Crippen molar-refractivity contribution in [1.29, 1.82) is 0 Å². The third kappa shape index (κ3) is 28.7. The van der Waals surface area contributed by atoms with Gasteiger partial charge in [-0.05, 0) is 112 Å². The lowest BCUT2D eigenvalue weighted by Crippen LogP contribution is -2.34. The first-order chi connectivity index (χ1) is 31.4. The predicted octanol–water partition coefficient (Wildman–Crippen LogP) is 7.31. The van der Waals surface area contributed by atoms with Gasteiger partial charge >= 0.3 is 11.9 Å². The molecule has 65 heavy (non-hydrogen) atoms. The molecule has 0 aliphatic carbocycles. The summed E-state index contributed by atoms with van der Waals surface area (Å²) in [6.07, 6.45) is 24.8. The van der Waals surface area contributed by atoms with Gasteiger partial charge in [0.05, 0.1) is 12.2 Å².